The first kappa shape index (κ1) is 19.5. The van der Waals surface area contributed by atoms with E-state index in [1.54, 1.807) is 0 Å². The molecule has 1 saturated heterocycles. The van der Waals surface area contributed by atoms with Gasteiger partial charge in [0.1, 0.15) is 17.1 Å². The molecule has 1 atom stereocenters. The van der Waals surface area contributed by atoms with E-state index in [1.807, 2.05) is 50.2 Å². The van der Waals surface area contributed by atoms with Crippen molar-refractivity contribution in [2.75, 3.05) is 19.6 Å². The Morgan fingerprint density at radius 3 is 2.52 bits per heavy atom. The summed E-state index contributed by atoms with van der Waals surface area (Å²) in [6.07, 6.45) is 2.37. The zero-order valence-electron chi connectivity index (χ0n) is 15.7. The van der Waals surface area contributed by atoms with Crippen LogP contribution in [-0.4, -0.2) is 30.4 Å². The molecule has 144 valence electrons. The summed E-state index contributed by atoms with van der Waals surface area (Å²) in [7, 11) is 0. The largest absolute Gasteiger partial charge is 0.465 e. The van der Waals surface area contributed by atoms with Crippen molar-refractivity contribution in [2.45, 2.75) is 32.7 Å². The maximum absolute atomic E-state index is 12.7. The van der Waals surface area contributed by atoms with Gasteiger partial charge in [-0.15, -0.1) is 12.4 Å². The van der Waals surface area contributed by atoms with Crippen molar-refractivity contribution in [3.8, 4) is 0 Å². The topological polar surface area (TPSA) is 58.6 Å². The van der Waals surface area contributed by atoms with Crippen LogP contribution < -0.4 is 5.32 Å². The van der Waals surface area contributed by atoms with Gasteiger partial charge in [-0.3, -0.25) is 9.69 Å². The fourth-order valence-corrected chi connectivity index (χ4v) is 3.76. The van der Waals surface area contributed by atoms with Gasteiger partial charge >= 0.3 is 0 Å². The Labute approximate surface area is 165 Å². The number of halogens is 1. The van der Waals surface area contributed by atoms with Gasteiger partial charge in [0.2, 0.25) is 0 Å². The van der Waals surface area contributed by atoms with E-state index in [-0.39, 0.29) is 24.4 Å². The summed E-state index contributed by atoms with van der Waals surface area (Å²) < 4.78 is 11.6. The minimum atomic E-state index is -0.175. The third-order valence-corrected chi connectivity index (χ3v) is 5.18. The molecule has 0 aliphatic carbocycles. The average Bonchev–Trinajstić information content (AvgIpc) is 3.37. The Morgan fingerprint density at radius 2 is 1.85 bits per heavy atom. The monoisotopic (exact) mass is 388 g/mol. The second kappa shape index (κ2) is 8.19. The van der Waals surface area contributed by atoms with E-state index in [4.69, 9.17) is 8.83 Å². The van der Waals surface area contributed by atoms with Crippen LogP contribution in [0.15, 0.2) is 45.2 Å². The highest BCUT2D eigenvalue weighted by Gasteiger charge is 2.27. The Kier molecular flexibility index (Phi) is 5.92. The number of benzene rings is 1. The van der Waals surface area contributed by atoms with Crippen molar-refractivity contribution in [1.82, 2.24) is 10.2 Å². The predicted octanol–water partition coefficient (Wildman–Crippen LogP) is 4.63. The predicted molar refractivity (Wildman–Crippen MR) is 108 cm³/mol. The number of rotatable bonds is 5. The number of aryl methyl sites for hydroxylation is 2. The molecule has 3 heterocycles. The third-order valence-electron chi connectivity index (χ3n) is 5.18. The van der Waals surface area contributed by atoms with Crippen molar-refractivity contribution in [3.05, 3.63) is 59.2 Å². The molecule has 0 radical (unpaired) electrons. The number of fused-ring (bicyclic) bond motifs is 1. The van der Waals surface area contributed by atoms with Crippen LogP contribution in [-0.2, 0) is 0 Å². The molecule has 0 saturated carbocycles. The number of likely N-dealkylation sites (tertiary alicyclic amines) is 1. The summed E-state index contributed by atoms with van der Waals surface area (Å²) >= 11 is 0. The highest BCUT2D eigenvalue weighted by atomic mass is 35.5. The van der Waals surface area contributed by atoms with Crippen LogP contribution in [0.25, 0.3) is 11.0 Å². The fraction of sp³-hybridized carbons (Fsp3) is 0.381. The van der Waals surface area contributed by atoms with Crippen molar-refractivity contribution in [3.63, 3.8) is 0 Å². The summed E-state index contributed by atoms with van der Waals surface area (Å²) in [5.41, 5.74) is 1.62. The van der Waals surface area contributed by atoms with Crippen LogP contribution in [0.2, 0.25) is 0 Å². The number of hydrogen-bond donors (Lipinski definition) is 1. The molecule has 1 unspecified atom stereocenters. The van der Waals surface area contributed by atoms with Gasteiger partial charge in [-0.2, -0.15) is 0 Å². The lowest BCUT2D eigenvalue weighted by Gasteiger charge is -2.25. The third kappa shape index (κ3) is 3.89. The van der Waals surface area contributed by atoms with Gasteiger partial charge in [0.15, 0.2) is 5.76 Å². The quantitative estimate of drug-likeness (QED) is 0.692. The molecule has 1 aromatic carbocycles. The van der Waals surface area contributed by atoms with E-state index >= 15 is 0 Å². The lowest BCUT2D eigenvalue weighted by Crippen LogP contribution is -2.36. The number of amides is 1. The number of furan rings is 2. The molecule has 0 spiro atoms. The molecular formula is C21H25ClN2O3. The summed E-state index contributed by atoms with van der Waals surface area (Å²) in [5, 5.41) is 4.03. The highest BCUT2D eigenvalue weighted by molar-refractivity contribution is 5.98. The summed E-state index contributed by atoms with van der Waals surface area (Å²) in [6, 6.07) is 11.8. The van der Waals surface area contributed by atoms with E-state index < -0.39 is 0 Å². The summed E-state index contributed by atoms with van der Waals surface area (Å²) in [4.78, 5) is 15.1. The fourth-order valence-electron chi connectivity index (χ4n) is 3.76. The molecule has 27 heavy (non-hydrogen) atoms. The van der Waals surface area contributed by atoms with Gasteiger partial charge < -0.3 is 14.2 Å². The van der Waals surface area contributed by atoms with Crippen LogP contribution in [0.5, 0.6) is 0 Å². The molecule has 0 bridgehead atoms. The van der Waals surface area contributed by atoms with Crippen LogP contribution in [0.4, 0.5) is 0 Å². The molecule has 4 rings (SSSR count). The number of nitrogens with one attached hydrogen (secondary N) is 1. The van der Waals surface area contributed by atoms with Crippen LogP contribution >= 0.6 is 12.4 Å². The minimum absolute atomic E-state index is 0. The average molecular weight is 389 g/mol. The van der Waals surface area contributed by atoms with Gasteiger partial charge in [-0.05, 0) is 58.0 Å². The van der Waals surface area contributed by atoms with E-state index in [2.05, 4.69) is 10.2 Å². The normalized spacial score (nSPS) is 15.6. The maximum Gasteiger partial charge on any atom is 0.287 e. The van der Waals surface area contributed by atoms with Crippen molar-refractivity contribution < 1.29 is 13.6 Å². The van der Waals surface area contributed by atoms with E-state index in [0.717, 1.165) is 41.1 Å². The zero-order valence-corrected chi connectivity index (χ0v) is 16.5. The van der Waals surface area contributed by atoms with Crippen molar-refractivity contribution >= 4 is 29.3 Å². The molecule has 2 aromatic heterocycles. The van der Waals surface area contributed by atoms with Gasteiger partial charge in [0.25, 0.3) is 5.91 Å². The molecule has 1 aliphatic heterocycles. The van der Waals surface area contributed by atoms with Crippen LogP contribution in [0, 0.1) is 13.8 Å². The number of hydrogen-bond acceptors (Lipinski definition) is 4. The molecule has 1 N–H and O–H groups in total. The molecule has 1 fully saturated rings. The Bertz CT molecular complexity index is 925. The Balaban J connectivity index is 0.00000210. The molecule has 5 nitrogen and oxygen atoms in total. The maximum atomic E-state index is 12.7. The van der Waals surface area contributed by atoms with E-state index in [9.17, 15) is 4.79 Å². The smallest absolute Gasteiger partial charge is 0.287 e. The summed E-state index contributed by atoms with van der Waals surface area (Å²) in [5.74, 6) is 2.02. The number of carbonyl (C=O) groups is 1. The number of para-hydroxylation sites is 1. The Morgan fingerprint density at radius 1 is 1.11 bits per heavy atom. The van der Waals surface area contributed by atoms with Gasteiger partial charge in [0.05, 0.1) is 6.04 Å². The molecule has 1 aliphatic rings. The standard InChI is InChI=1S/C21H24N2O3.ClH/c1-14-9-10-19(25-14)17(23-11-5-6-12-23)13-22-21(24)20-15(2)16-7-3-4-8-18(16)26-20;/h3-4,7-10,17H,5-6,11-13H2,1-2H3,(H,22,24);1H. The van der Waals surface area contributed by atoms with Gasteiger partial charge in [0, 0.05) is 17.5 Å². The minimum Gasteiger partial charge on any atom is -0.465 e. The van der Waals surface area contributed by atoms with Crippen molar-refractivity contribution in [1.29, 1.82) is 0 Å². The lowest BCUT2D eigenvalue weighted by atomic mass is 10.1. The van der Waals surface area contributed by atoms with Gasteiger partial charge in [-0.1, -0.05) is 18.2 Å². The highest BCUT2D eigenvalue weighted by Crippen LogP contribution is 2.27. The van der Waals surface area contributed by atoms with Crippen LogP contribution in [0.1, 0.15) is 46.5 Å². The second-order valence-corrected chi connectivity index (χ2v) is 6.97. The zero-order chi connectivity index (χ0) is 18.1. The summed E-state index contributed by atoms with van der Waals surface area (Å²) in [6.45, 7) is 6.44. The van der Waals surface area contributed by atoms with E-state index in [1.165, 1.54) is 12.8 Å². The molecule has 1 amide bonds. The number of carbonyl (C=O) groups excluding carboxylic acids is 1. The Hall–Kier alpha value is -2.24. The molecule has 3 aromatic rings. The first-order chi connectivity index (χ1) is 12.6. The SMILES string of the molecule is Cc1ccc(C(CNC(=O)c2oc3ccccc3c2C)N2CCCC2)o1.Cl. The van der Waals surface area contributed by atoms with Crippen LogP contribution in [0.3, 0.4) is 0 Å². The second-order valence-electron chi connectivity index (χ2n) is 6.97. The lowest BCUT2D eigenvalue weighted by molar-refractivity contribution is 0.0907. The van der Waals surface area contributed by atoms with E-state index in [0.29, 0.717) is 12.3 Å². The molecule has 6 heteroatoms. The first-order valence-corrected chi connectivity index (χ1v) is 9.20. The first-order valence-electron chi connectivity index (χ1n) is 9.20. The van der Waals surface area contributed by atoms with Crippen molar-refractivity contribution in [2.24, 2.45) is 0 Å². The molecular weight excluding hydrogens is 364 g/mol. The number of nitrogens with zero attached hydrogens (tertiary/aromatic N) is 1. The van der Waals surface area contributed by atoms with Gasteiger partial charge in [-0.25, -0.2) is 0 Å².